The number of thioether (sulfide) groups is 1. The van der Waals surface area contributed by atoms with Crippen LogP contribution in [-0.4, -0.2) is 51.2 Å². The number of carbonyl (C=O) groups is 2. The van der Waals surface area contributed by atoms with Gasteiger partial charge in [-0.1, -0.05) is 23.4 Å². The Bertz CT molecular complexity index is 1100. The zero-order chi connectivity index (χ0) is 22.1. The van der Waals surface area contributed by atoms with Gasteiger partial charge in [0.25, 0.3) is 5.91 Å². The van der Waals surface area contributed by atoms with Crippen LogP contribution in [0.15, 0.2) is 41.7 Å². The minimum absolute atomic E-state index is 0.0636. The molecule has 158 valence electrons. The van der Waals surface area contributed by atoms with Crippen molar-refractivity contribution in [2.45, 2.75) is 11.3 Å². The first-order valence-electron chi connectivity index (χ1n) is 8.42. The number of halogens is 4. The van der Waals surface area contributed by atoms with Crippen molar-refractivity contribution in [1.29, 1.82) is 0 Å². The summed E-state index contributed by atoms with van der Waals surface area (Å²) < 4.78 is 40.1. The number of nitrogens with zero attached hydrogens (tertiary/aromatic N) is 4. The third-order valence-corrected chi connectivity index (χ3v) is 5.13. The normalized spacial score (nSPS) is 11.5. The van der Waals surface area contributed by atoms with Gasteiger partial charge in [-0.05, 0) is 30.3 Å². The van der Waals surface area contributed by atoms with Crippen LogP contribution in [0.25, 0.3) is 5.65 Å². The Morgan fingerprint density at radius 1 is 1.20 bits per heavy atom. The number of amides is 2. The Labute approximate surface area is 178 Å². The molecule has 1 N–H and O–H groups in total. The summed E-state index contributed by atoms with van der Waals surface area (Å²) in [7, 11) is 3.27. The molecular weight excluding hydrogens is 443 g/mol. The van der Waals surface area contributed by atoms with Gasteiger partial charge in [0, 0.05) is 31.5 Å². The molecule has 30 heavy (non-hydrogen) atoms. The highest BCUT2D eigenvalue weighted by Crippen LogP contribution is 2.33. The predicted octanol–water partition coefficient (Wildman–Crippen LogP) is 3.83. The fraction of sp³-hybridized carbons (Fsp3) is 0.222. The van der Waals surface area contributed by atoms with Crippen LogP contribution in [0.4, 0.5) is 18.9 Å². The van der Waals surface area contributed by atoms with Crippen molar-refractivity contribution < 1.29 is 22.8 Å². The quantitative estimate of drug-likeness (QED) is 0.589. The average Bonchev–Trinajstić information content (AvgIpc) is 3.09. The van der Waals surface area contributed by atoms with Gasteiger partial charge in [0.1, 0.15) is 0 Å². The van der Waals surface area contributed by atoms with Crippen LogP contribution in [0, 0.1) is 0 Å². The summed E-state index contributed by atoms with van der Waals surface area (Å²) in [5, 5.41) is 10.1. The molecule has 0 spiro atoms. The van der Waals surface area contributed by atoms with E-state index < -0.39 is 17.6 Å². The lowest BCUT2D eigenvalue weighted by Gasteiger charge is -2.11. The summed E-state index contributed by atoms with van der Waals surface area (Å²) in [6.45, 7) is 0. The van der Waals surface area contributed by atoms with Crippen LogP contribution >= 0.6 is 23.4 Å². The van der Waals surface area contributed by atoms with Crippen LogP contribution in [0.2, 0.25) is 5.02 Å². The van der Waals surface area contributed by atoms with Crippen LogP contribution in [0.1, 0.15) is 15.9 Å². The number of carbonyl (C=O) groups excluding carboxylic acids is 2. The minimum Gasteiger partial charge on any atom is -0.345 e. The van der Waals surface area contributed by atoms with Gasteiger partial charge in [-0.25, -0.2) is 0 Å². The Kier molecular flexibility index (Phi) is 6.22. The Morgan fingerprint density at radius 2 is 1.87 bits per heavy atom. The van der Waals surface area contributed by atoms with Crippen LogP contribution < -0.4 is 5.32 Å². The van der Waals surface area contributed by atoms with E-state index in [2.05, 4.69) is 15.5 Å². The number of benzene rings is 1. The first-order chi connectivity index (χ1) is 14.1. The molecular formula is C18H15ClF3N5O2S. The van der Waals surface area contributed by atoms with Crippen molar-refractivity contribution in [3.05, 3.63) is 52.7 Å². The predicted molar refractivity (Wildman–Crippen MR) is 107 cm³/mol. The van der Waals surface area contributed by atoms with Gasteiger partial charge >= 0.3 is 6.18 Å². The first-order valence-corrected chi connectivity index (χ1v) is 9.78. The second-order valence-corrected chi connectivity index (χ2v) is 7.71. The Balaban J connectivity index is 1.68. The molecule has 0 bridgehead atoms. The average molecular weight is 458 g/mol. The van der Waals surface area contributed by atoms with Crippen molar-refractivity contribution in [2.75, 3.05) is 25.2 Å². The lowest BCUT2D eigenvalue weighted by atomic mass is 10.2. The summed E-state index contributed by atoms with van der Waals surface area (Å²) in [6, 6.07) is 7.11. The first kappa shape index (κ1) is 21.9. The van der Waals surface area contributed by atoms with E-state index in [1.807, 2.05) is 0 Å². The molecule has 12 heteroatoms. The third-order valence-electron chi connectivity index (χ3n) is 3.91. The number of anilines is 1. The molecule has 1 aromatic carbocycles. The monoisotopic (exact) mass is 457 g/mol. The minimum atomic E-state index is -4.58. The fourth-order valence-electron chi connectivity index (χ4n) is 2.47. The van der Waals surface area contributed by atoms with E-state index in [1.54, 1.807) is 38.4 Å². The molecule has 0 radical (unpaired) electrons. The maximum atomic E-state index is 13.0. The zero-order valence-corrected chi connectivity index (χ0v) is 17.3. The highest BCUT2D eigenvalue weighted by Gasteiger charge is 2.32. The van der Waals surface area contributed by atoms with Crippen LogP contribution in [-0.2, 0) is 11.0 Å². The largest absolute Gasteiger partial charge is 0.417 e. The highest BCUT2D eigenvalue weighted by molar-refractivity contribution is 7.99. The summed E-state index contributed by atoms with van der Waals surface area (Å²) in [5.41, 5.74) is 0.0660. The lowest BCUT2D eigenvalue weighted by molar-refractivity contribution is -0.137. The molecule has 0 saturated heterocycles. The number of fused-ring (bicyclic) bond motifs is 1. The topological polar surface area (TPSA) is 79.6 Å². The van der Waals surface area contributed by atoms with Crippen molar-refractivity contribution in [2.24, 2.45) is 0 Å². The molecule has 0 unspecified atom stereocenters. The zero-order valence-electron chi connectivity index (χ0n) is 15.7. The highest BCUT2D eigenvalue weighted by atomic mass is 35.5. The number of alkyl halides is 3. The van der Waals surface area contributed by atoms with E-state index in [9.17, 15) is 22.8 Å². The standard InChI is InChI=1S/C18H15ClF3N5O2S/c1-26(2)16(29)10-3-5-12(6-4-10)23-14(28)9-30-17-25-24-15-13(19)7-11(8-27(15)17)18(20,21)22/h3-8H,9H2,1-2H3,(H,23,28). The summed E-state index contributed by atoms with van der Waals surface area (Å²) >= 11 is 6.78. The third kappa shape index (κ3) is 4.85. The van der Waals surface area contributed by atoms with Crippen molar-refractivity contribution in [3.63, 3.8) is 0 Å². The molecule has 0 aliphatic heterocycles. The molecule has 0 saturated carbocycles. The molecule has 0 aliphatic rings. The molecule has 3 rings (SSSR count). The van der Waals surface area contributed by atoms with Crippen molar-refractivity contribution in [3.8, 4) is 0 Å². The second-order valence-electron chi connectivity index (χ2n) is 6.36. The SMILES string of the molecule is CN(C)C(=O)c1ccc(NC(=O)CSc2nnc3c(Cl)cc(C(F)(F)F)cn23)cc1. The molecule has 2 amide bonds. The molecule has 2 aromatic heterocycles. The number of nitrogens with one attached hydrogen (secondary N) is 1. The molecule has 0 atom stereocenters. The molecule has 7 nitrogen and oxygen atoms in total. The van der Waals surface area contributed by atoms with Gasteiger partial charge in [-0.2, -0.15) is 13.2 Å². The Morgan fingerprint density at radius 3 is 2.47 bits per heavy atom. The van der Waals surface area contributed by atoms with Crippen molar-refractivity contribution >= 4 is 46.5 Å². The van der Waals surface area contributed by atoms with E-state index in [-0.39, 0.29) is 27.5 Å². The van der Waals surface area contributed by atoms with E-state index in [1.165, 1.54) is 4.90 Å². The summed E-state index contributed by atoms with van der Waals surface area (Å²) in [4.78, 5) is 25.5. The number of hydrogen-bond donors (Lipinski definition) is 1. The Hall–Kier alpha value is -2.79. The van der Waals surface area contributed by atoms with E-state index in [0.29, 0.717) is 11.3 Å². The van der Waals surface area contributed by atoms with Gasteiger partial charge in [-0.15, -0.1) is 10.2 Å². The number of rotatable bonds is 5. The van der Waals surface area contributed by atoms with E-state index in [0.717, 1.165) is 28.4 Å². The number of aromatic nitrogens is 3. The fourth-order valence-corrected chi connectivity index (χ4v) is 3.42. The summed E-state index contributed by atoms with van der Waals surface area (Å²) in [5.74, 6) is -0.687. The van der Waals surface area contributed by atoms with E-state index >= 15 is 0 Å². The maximum Gasteiger partial charge on any atom is 0.417 e. The molecule has 3 aromatic rings. The molecule has 0 fully saturated rings. The van der Waals surface area contributed by atoms with Crippen LogP contribution in [0.5, 0.6) is 0 Å². The van der Waals surface area contributed by atoms with Crippen molar-refractivity contribution in [1.82, 2.24) is 19.5 Å². The molecule has 0 aliphatic carbocycles. The van der Waals surface area contributed by atoms with Crippen LogP contribution in [0.3, 0.4) is 0 Å². The second kappa shape index (κ2) is 8.52. The maximum absolute atomic E-state index is 13.0. The number of pyridine rings is 1. The van der Waals surface area contributed by atoms with E-state index in [4.69, 9.17) is 11.6 Å². The van der Waals surface area contributed by atoms with Gasteiger partial charge in [-0.3, -0.25) is 14.0 Å². The smallest absolute Gasteiger partial charge is 0.345 e. The van der Waals surface area contributed by atoms with Gasteiger partial charge in [0.2, 0.25) is 5.91 Å². The summed E-state index contributed by atoms with van der Waals surface area (Å²) in [6.07, 6.45) is -3.75. The number of hydrogen-bond acceptors (Lipinski definition) is 5. The van der Waals surface area contributed by atoms with Gasteiger partial charge in [0.15, 0.2) is 10.8 Å². The molecule has 2 heterocycles. The van der Waals surface area contributed by atoms with Gasteiger partial charge in [0.05, 0.1) is 16.3 Å². The van der Waals surface area contributed by atoms with Gasteiger partial charge < -0.3 is 10.2 Å². The lowest BCUT2D eigenvalue weighted by Crippen LogP contribution is -2.21.